The van der Waals surface area contributed by atoms with Gasteiger partial charge in [-0.15, -0.1) is 0 Å². The van der Waals surface area contributed by atoms with E-state index in [0.717, 1.165) is 48.9 Å². The number of rotatable bonds is 22. The highest BCUT2D eigenvalue weighted by molar-refractivity contribution is 14.1. The average molecular weight is 1050 g/mol. The summed E-state index contributed by atoms with van der Waals surface area (Å²) >= 11 is 4.48. The number of fused-ring (bicyclic) bond motifs is 2. The molecule has 2 aromatic carbocycles. The van der Waals surface area contributed by atoms with Crippen LogP contribution in [0.4, 0.5) is 11.4 Å². The van der Waals surface area contributed by atoms with Gasteiger partial charge in [0.15, 0.2) is 5.71 Å². The number of carboxylic acid groups (broad SMARTS) is 2. The first kappa shape index (κ1) is 46.8. The number of halogens is 2. The zero-order valence-electron chi connectivity index (χ0n) is 32.1. The second-order valence-corrected chi connectivity index (χ2v) is 20.3. The molecule has 0 fully saturated rings. The van der Waals surface area contributed by atoms with Gasteiger partial charge < -0.3 is 19.7 Å². The van der Waals surface area contributed by atoms with Crippen LogP contribution in [0, 0.1) is 7.14 Å². The summed E-state index contributed by atoms with van der Waals surface area (Å²) < 4.78 is 72.5. The van der Waals surface area contributed by atoms with Gasteiger partial charge in [-0.05, 0) is 133 Å². The molecule has 2 aromatic rings. The summed E-state index contributed by atoms with van der Waals surface area (Å²) in [4.78, 5) is 24.3. The molecule has 57 heavy (non-hydrogen) atoms. The van der Waals surface area contributed by atoms with Crippen LogP contribution in [-0.2, 0) is 40.7 Å². The lowest BCUT2D eigenvalue weighted by Crippen LogP contribution is -2.32. The normalized spacial score (nSPS) is 20.5. The summed E-state index contributed by atoms with van der Waals surface area (Å²) in [6, 6.07) is 11.9. The fourth-order valence-corrected chi connectivity index (χ4v) is 9.94. The lowest BCUT2D eigenvalue weighted by Gasteiger charge is -2.30. The van der Waals surface area contributed by atoms with E-state index in [9.17, 15) is 35.5 Å². The maximum atomic E-state index is 12.2. The Hall–Kier alpha value is -2.91. The van der Waals surface area contributed by atoms with Gasteiger partial charge in [0.1, 0.15) is 0 Å². The molecule has 0 saturated heterocycles. The topological polar surface area (TPSA) is 192 Å². The van der Waals surface area contributed by atoms with E-state index in [4.69, 9.17) is 10.2 Å². The van der Waals surface area contributed by atoms with Crippen LogP contribution in [0.15, 0.2) is 84.6 Å². The fourth-order valence-electron chi connectivity index (χ4n) is 7.87. The van der Waals surface area contributed by atoms with E-state index in [1.807, 2.05) is 79.8 Å². The zero-order valence-corrected chi connectivity index (χ0v) is 38.0. The van der Waals surface area contributed by atoms with Gasteiger partial charge >= 0.3 is 22.1 Å². The van der Waals surface area contributed by atoms with Crippen molar-refractivity contribution in [2.75, 3.05) is 23.1 Å². The van der Waals surface area contributed by atoms with E-state index in [-0.39, 0.29) is 19.3 Å². The third kappa shape index (κ3) is 13.0. The van der Waals surface area contributed by atoms with Gasteiger partial charge in [0.25, 0.3) is 5.88 Å². The van der Waals surface area contributed by atoms with E-state index < -0.39 is 54.6 Å². The van der Waals surface area contributed by atoms with Crippen molar-refractivity contribution < 1.29 is 50.3 Å². The van der Waals surface area contributed by atoms with Crippen LogP contribution in [0.3, 0.4) is 0 Å². The Morgan fingerprint density at radius 1 is 0.772 bits per heavy atom. The number of hydrogen-bond donors (Lipinski definition) is 3. The standard InChI is InChI=1S/C41H50I2N2O10S2/c1-40(23-12-6-10-17-38(46)47)32-27-30(42)19-21-34(32)44(25-14-26-56(50,51)52)36(40)15-8-4-3-5-9-16-37-41(2,24-13-7-11-18-39(48)49)33-28-31(43)20-22-35(33)45(37)29-57(53,54)55/h3-5,8-9,15-16,19-22,27-28H,6-7,10-14,17-18,23-26,29H2,1-2H3,(H3-,46,47,48,49,50,51,52,53,54,55). The van der Waals surface area contributed by atoms with Crippen molar-refractivity contribution in [2.24, 2.45) is 0 Å². The minimum absolute atomic E-state index is 0.0788. The number of nitrogens with zero attached hydrogens (tertiary/aromatic N) is 2. The number of allylic oxidation sites excluding steroid dienone is 8. The summed E-state index contributed by atoms with van der Waals surface area (Å²) in [7, 11) is -8.80. The van der Waals surface area contributed by atoms with E-state index in [2.05, 4.69) is 63.1 Å². The van der Waals surface area contributed by atoms with Gasteiger partial charge in [-0.2, -0.15) is 13.0 Å². The second-order valence-electron chi connectivity index (χ2n) is 14.9. The molecule has 0 radical (unpaired) electrons. The van der Waals surface area contributed by atoms with E-state index >= 15 is 0 Å². The molecule has 2 atom stereocenters. The summed E-state index contributed by atoms with van der Waals surface area (Å²) in [5, 5.41) is 18.2. The summed E-state index contributed by atoms with van der Waals surface area (Å²) in [5.41, 5.74) is 4.19. The predicted molar refractivity (Wildman–Crippen MR) is 238 cm³/mol. The fraction of sp³-hybridized carbons (Fsp3) is 0.439. The van der Waals surface area contributed by atoms with Crippen LogP contribution in [0.5, 0.6) is 0 Å². The number of carbonyl (C=O) groups is 2. The third-order valence-electron chi connectivity index (χ3n) is 10.6. The van der Waals surface area contributed by atoms with E-state index in [0.29, 0.717) is 50.0 Å². The van der Waals surface area contributed by atoms with Gasteiger partial charge in [0.2, 0.25) is 5.69 Å². The third-order valence-corrected chi connectivity index (χ3v) is 13.3. The average Bonchev–Trinajstić information content (AvgIpc) is 3.45. The van der Waals surface area contributed by atoms with Gasteiger partial charge in [-0.25, -0.2) is 8.42 Å². The highest BCUT2D eigenvalue weighted by Crippen LogP contribution is 2.51. The highest BCUT2D eigenvalue weighted by atomic mass is 127. The molecule has 16 heteroatoms. The van der Waals surface area contributed by atoms with Crippen molar-refractivity contribution in [1.82, 2.24) is 0 Å². The molecule has 2 unspecified atom stereocenters. The monoisotopic (exact) mass is 1050 g/mol. The molecule has 0 amide bonds. The number of carboxylic acids is 2. The predicted octanol–water partition coefficient (Wildman–Crippen LogP) is 8.43. The number of anilines is 1. The number of benzene rings is 2. The number of hydrogen-bond acceptors (Lipinski definition) is 8. The first-order valence-corrected chi connectivity index (χ1v) is 24.2. The van der Waals surface area contributed by atoms with Crippen molar-refractivity contribution in [1.29, 1.82) is 0 Å². The molecular formula is C41H50I2N2O10S2. The summed E-state index contributed by atoms with van der Waals surface area (Å²) in [5.74, 6) is -2.78. The number of unbranched alkanes of at least 4 members (excludes halogenated alkanes) is 4. The SMILES string of the molecule is CC1(CCCCCC(=O)O)C(/C=C/C=C/C=C/C=C2\N(CCCS(=O)(=O)[O-])c3ccc(I)cc3C2(C)CCCCCC(=O)O)=[N+](CS(=O)(=O)O)c2ccc(I)cc21. The lowest BCUT2D eigenvalue weighted by molar-refractivity contribution is -0.416. The van der Waals surface area contributed by atoms with E-state index in [1.54, 1.807) is 4.58 Å². The van der Waals surface area contributed by atoms with Gasteiger partial charge in [0, 0.05) is 66.8 Å². The summed E-state index contributed by atoms with van der Waals surface area (Å²) in [6.45, 7) is 4.50. The van der Waals surface area contributed by atoms with Crippen LogP contribution in [-0.4, -0.2) is 76.6 Å². The molecule has 0 aromatic heterocycles. The first-order chi connectivity index (χ1) is 26.7. The van der Waals surface area contributed by atoms with Crippen LogP contribution in [0.1, 0.15) is 95.6 Å². The molecule has 4 rings (SSSR count). The van der Waals surface area contributed by atoms with Crippen molar-refractivity contribution >= 4 is 94.4 Å². The summed E-state index contributed by atoms with van der Waals surface area (Å²) in [6.07, 6.45) is 18.8. The van der Waals surface area contributed by atoms with Gasteiger partial charge in [-0.3, -0.25) is 14.1 Å². The smallest absolute Gasteiger partial charge is 0.326 e. The Balaban J connectivity index is 1.64. The Bertz CT molecular complexity index is 2200. The highest BCUT2D eigenvalue weighted by Gasteiger charge is 2.48. The van der Waals surface area contributed by atoms with Crippen molar-refractivity contribution in [3.63, 3.8) is 0 Å². The maximum Gasteiger partial charge on any atom is 0.326 e. The first-order valence-electron chi connectivity index (χ1n) is 18.8. The van der Waals surface area contributed by atoms with Crippen molar-refractivity contribution in [3.05, 3.63) is 103 Å². The maximum absolute atomic E-state index is 12.2. The second kappa shape index (κ2) is 20.4. The minimum atomic E-state index is -4.40. The largest absolute Gasteiger partial charge is 0.748 e. The van der Waals surface area contributed by atoms with Crippen LogP contribution < -0.4 is 4.90 Å². The molecular weight excluding hydrogens is 998 g/mol. The molecule has 2 aliphatic rings. The Morgan fingerprint density at radius 3 is 1.93 bits per heavy atom. The van der Waals surface area contributed by atoms with Crippen molar-refractivity contribution in [2.45, 2.75) is 95.3 Å². The Labute approximate surface area is 363 Å². The molecule has 2 aliphatic heterocycles. The molecule has 2 heterocycles. The van der Waals surface area contributed by atoms with Crippen LogP contribution in [0.2, 0.25) is 0 Å². The van der Waals surface area contributed by atoms with Crippen molar-refractivity contribution in [3.8, 4) is 0 Å². The molecule has 0 spiro atoms. The molecule has 0 aliphatic carbocycles. The Kier molecular flexibility index (Phi) is 16.7. The van der Waals surface area contributed by atoms with E-state index in [1.165, 1.54) is 0 Å². The van der Waals surface area contributed by atoms with Crippen LogP contribution >= 0.6 is 45.2 Å². The lowest BCUT2D eigenvalue weighted by atomic mass is 9.75. The number of aliphatic carboxylic acids is 2. The molecule has 0 bridgehead atoms. The molecule has 310 valence electrons. The molecule has 12 nitrogen and oxygen atoms in total. The molecule has 0 saturated carbocycles. The van der Waals surface area contributed by atoms with Crippen LogP contribution in [0.25, 0.3) is 0 Å². The Morgan fingerprint density at radius 2 is 1.33 bits per heavy atom. The van der Waals surface area contributed by atoms with Gasteiger partial charge in [0.05, 0.1) is 15.5 Å². The van der Waals surface area contributed by atoms with Gasteiger partial charge in [-0.1, -0.05) is 56.1 Å². The zero-order chi connectivity index (χ0) is 42.0. The minimum Gasteiger partial charge on any atom is -0.748 e. The molecule has 3 N–H and O–H groups in total. The quantitative estimate of drug-likeness (QED) is 0.0337.